The number of carbonyl (C=O) groups excluding carboxylic acids is 1. The van der Waals surface area contributed by atoms with Crippen LogP contribution in [0.1, 0.15) is 0 Å². The molecule has 0 saturated heterocycles. The number of aromatic nitrogens is 2. The average Bonchev–Trinajstić information content (AvgIpc) is 3.16. The minimum absolute atomic E-state index is 0.377. The van der Waals surface area contributed by atoms with Crippen LogP contribution in [0.25, 0.3) is 28.0 Å². The molecule has 9 heteroatoms. The van der Waals surface area contributed by atoms with Crippen molar-refractivity contribution in [3.63, 3.8) is 0 Å². The average molecular weight is 536 g/mol. The van der Waals surface area contributed by atoms with E-state index in [4.69, 9.17) is 0 Å². The number of pyridine rings is 1. The van der Waals surface area contributed by atoms with Gasteiger partial charge in [-0.15, -0.1) is 0 Å². The fourth-order valence-electron chi connectivity index (χ4n) is 3.13. The second kappa shape index (κ2) is 8.58. The molecule has 0 fully saturated rings. The number of anilines is 1. The fourth-order valence-corrected chi connectivity index (χ4v) is 3.49. The van der Waals surface area contributed by atoms with E-state index in [1.54, 1.807) is 29.7 Å². The van der Waals surface area contributed by atoms with Gasteiger partial charge in [-0.25, -0.2) is 9.78 Å². The van der Waals surface area contributed by atoms with Gasteiger partial charge in [-0.05, 0) is 70.1 Å². The number of alkyl halides is 3. The van der Waals surface area contributed by atoms with E-state index < -0.39 is 18.8 Å². The van der Waals surface area contributed by atoms with Gasteiger partial charge < -0.3 is 10.6 Å². The molecule has 0 radical (unpaired) electrons. The number of benzene rings is 2. The largest absolute Gasteiger partial charge is 0.405 e. The lowest BCUT2D eigenvalue weighted by atomic mass is 10.1. The first-order valence-corrected chi connectivity index (χ1v) is 10.3. The third kappa shape index (κ3) is 5.16. The molecule has 0 saturated carbocycles. The van der Waals surface area contributed by atoms with E-state index >= 15 is 0 Å². The quantitative estimate of drug-likeness (QED) is 0.317. The Balaban J connectivity index is 1.57. The lowest BCUT2D eigenvalue weighted by Crippen LogP contribution is -2.36. The molecular formula is C22H16F3IN4O. The van der Waals surface area contributed by atoms with Gasteiger partial charge >= 0.3 is 12.2 Å². The van der Waals surface area contributed by atoms with E-state index in [0.717, 1.165) is 31.6 Å². The monoisotopic (exact) mass is 536 g/mol. The lowest BCUT2D eigenvalue weighted by molar-refractivity contribution is -0.122. The Morgan fingerprint density at radius 1 is 1.00 bits per heavy atom. The summed E-state index contributed by atoms with van der Waals surface area (Å²) in [5, 5.41) is 4.21. The molecule has 0 unspecified atom stereocenters. The first-order valence-electron chi connectivity index (χ1n) is 9.24. The molecule has 158 valence electrons. The molecule has 4 aromatic rings. The van der Waals surface area contributed by atoms with E-state index in [2.05, 4.69) is 45.0 Å². The van der Waals surface area contributed by atoms with E-state index in [9.17, 15) is 18.0 Å². The van der Waals surface area contributed by atoms with E-state index in [0.29, 0.717) is 5.69 Å². The lowest BCUT2D eigenvalue weighted by Gasteiger charge is -2.11. The minimum atomic E-state index is -4.47. The number of amides is 2. The molecule has 0 bridgehead atoms. The molecule has 2 heterocycles. The van der Waals surface area contributed by atoms with Crippen molar-refractivity contribution in [3.8, 4) is 22.4 Å². The predicted octanol–water partition coefficient (Wildman–Crippen LogP) is 5.96. The van der Waals surface area contributed by atoms with Gasteiger partial charge in [-0.2, -0.15) is 13.2 Å². The molecule has 31 heavy (non-hydrogen) atoms. The number of urea groups is 1. The van der Waals surface area contributed by atoms with Crippen LogP contribution in [0, 0.1) is 3.57 Å². The van der Waals surface area contributed by atoms with Gasteiger partial charge in [0.2, 0.25) is 0 Å². The first-order chi connectivity index (χ1) is 14.8. The number of nitrogens with one attached hydrogen (secondary N) is 2. The molecule has 2 aromatic heterocycles. The highest BCUT2D eigenvalue weighted by Gasteiger charge is 2.27. The molecule has 2 aromatic carbocycles. The number of carbonyl (C=O) groups is 1. The number of hydrogen-bond acceptors (Lipinski definition) is 2. The summed E-state index contributed by atoms with van der Waals surface area (Å²) in [5.74, 6) is 0. The third-order valence-corrected chi connectivity index (χ3v) is 5.28. The van der Waals surface area contributed by atoms with Crippen molar-refractivity contribution in [1.82, 2.24) is 14.7 Å². The smallest absolute Gasteiger partial charge is 0.329 e. The number of halogens is 4. The molecule has 2 amide bonds. The van der Waals surface area contributed by atoms with Crippen molar-refractivity contribution in [3.05, 3.63) is 76.6 Å². The summed E-state index contributed by atoms with van der Waals surface area (Å²) in [7, 11) is 0. The Hall–Kier alpha value is -3.08. The molecule has 0 aliphatic rings. The summed E-state index contributed by atoms with van der Waals surface area (Å²) in [6.07, 6.45) is -0.830. The molecular weight excluding hydrogens is 520 g/mol. The van der Waals surface area contributed by atoms with Gasteiger partial charge in [-0.3, -0.25) is 4.40 Å². The van der Waals surface area contributed by atoms with Gasteiger partial charge in [0, 0.05) is 21.0 Å². The van der Waals surface area contributed by atoms with E-state index in [1.807, 2.05) is 40.9 Å². The van der Waals surface area contributed by atoms with Crippen LogP contribution in [0.5, 0.6) is 0 Å². The zero-order valence-electron chi connectivity index (χ0n) is 15.9. The van der Waals surface area contributed by atoms with Crippen molar-refractivity contribution in [1.29, 1.82) is 0 Å². The Kier molecular flexibility index (Phi) is 5.86. The van der Waals surface area contributed by atoms with Crippen molar-refractivity contribution in [2.24, 2.45) is 0 Å². The van der Waals surface area contributed by atoms with Crippen molar-refractivity contribution in [2.45, 2.75) is 6.18 Å². The van der Waals surface area contributed by atoms with E-state index in [1.165, 1.54) is 0 Å². The van der Waals surface area contributed by atoms with Crippen LogP contribution < -0.4 is 10.6 Å². The maximum atomic E-state index is 12.3. The topological polar surface area (TPSA) is 58.4 Å². The van der Waals surface area contributed by atoms with Crippen LogP contribution in [0.15, 0.2) is 73.1 Å². The van der Waals surface area contributed by atoms with Gasteiger partial charge in [-0.1, -0.05) is 24.3 Å². The maximum absolute atomic E-state index is 12.3. The first kappa shape index (κ1) is 21.2. The van der Waals surface area contributed by atoms with Crippen LogP contribution in [0.2, 0.25) is 0 Å². The summed E-state index contributed by atoms with van der Waals surface area (Å²) in [6, 6.07) is 18.1. The van der Waals surface area contributed by atoms with Gasteiger partial charge in [0.1, 0.15) is 12.2 Å². The van der Waals surface area contributed by atoms with Gasteiger partial charge in [0.25, 0.3) is 0 Å². The highest BCUT2D eigenvalue weighted by atomic mass is 127. The summed E-state index contributed by atoms with van der Waals surface area (Å²) >= 11 is 2.26. The van der Waals surface area contributed by atoms with Crippen molar-refractivity contribution >= 4 is 40.0 Å². The molecule has 0 aliphatic carbocycles. The summed E-state index contributed by atoms with van der Waals surface area (Å²) in [6.45, 7) is -1.39. The summed E-state index contributed by atoms with van der Waals surface area (Å²) < 4.78 is 39.8. The molecule has 2 N–H and O–H groups in total. The van der Waals surface area contributed by atoms with Gasteiger partial charge in [0.05, 0.1) is 11.9 Å². The Morgan fingerprint density at radius 2 is 1.77 bits per heavy atom. The zero-order valence-corrected chi connectivity index (χ0v) is 18.1. The third-order valence-electron chi connectivity index (χ3n) is 4.56. The number of hydrogen-bond donors (Lipinski definition) is 2. The molecule has 5 nitrogen and oxygen atoms in total. The SMILES string of the molecule is O=C(NCC(F)(F)F)Nc1cccc(-c2cnc3cc(-c4ccc(I)cc4)ccn23)c1. The van der Waals surface area contributed by atoms with E-state index in [-0.39, 0.29) is 0 Å². The number of fused-ring (bicyclic) bond motifs is 1. The Morgan fingerprint density at radius 3 is 2.52 bits per heavy atom. The maximum Gasteiger partial charge on any atom is 0.405 e. The van der Waals surface area contributed by atoms with Gasteiger partial charge in [0.15, 0.2) is 0 Å². The predicted molar refractivity (Wildman–Crippen MR) is 122 cm³/mol. The minimum Gasteiger partial charge on any atom is -0.329 e. The molecule has 0 atom stereocenters. The number of rotatable bonds is 4. The van der Waals surface area contributed by atoms with Crippen LogP contribution in [-0.4, -0.2) is 28.1 Å². The Labute approximate surface area is 189 Å². The Bertz CT molecular complexity index is 1240. The number of imidazole rings is 1. The van der Waals surface area contributed by atoms with Crippen LogP contribution in [-0.2, 0) is 0 Å². The summed E-state index contributed by atoms with van der Waals surface area (Å²) in [4.78, 5) is 16.2. The van der Waals surface area contributed by atoms with Crippen molar-refractivity contribution in [2.75, 3.05) is 11.9 Å². The van der Waals surface area contributed by atoms with Crippen LogP contribution >= 0.6 is 22.6 Å². The van der Waals surface area contributed by atoms with Crippen molar-refractivity contribution < 1.29 is 18.0 Å². The molecule has 0 spiro atoms. The standard InChI is InChI=1S/C22H16F3IN4O/c23-22(24,25)13-28-21(31)29-18-3-1-2-16(10-18)19-12-27-20-11-15(8-9-30(19)20)14-4-6-17(26)7-5-14/h1-12H,13H2,(H2,28,29,31). The van der Waals surface area contributed by atoms with Crippen LogP contribution in [0.4, 0.5) is 23.7 Å². The highest BCUT2D eigenvalue weighted by molar-refractivity contribution is 14.1. The normalized spacial score (nSPS) is 11.5. The highest BCUT2D eigenvalue weighted by Crippen LogP contribution is 2.27. The molecule has 0 aliphatic heterocycles. The van der Waals surface area contributed by atoms with Crippen LogP contribution in [0.3, 0.4) is 0 Å². The molecule has 4 rings (SSSR count). The fraction of sp³-hybridized carbons (Fsp3) is 0.0909. The summed E-state index contributed by atoms with van der Waals surface area (Å²) in [5.41, 5.74) is 4.82. The number of nitrogens with zero attached hydrogens (tertiary/aromatic N) is 2. The second-order valence-corrected chi connectivity index (χ2v) is 8.04. The second-order valence-electron chi connectivity index (χ2n) is 6.80. The zero-order chi connectivity index (χ0) is 22.0.